The van der Waals surface area contributed by atoms with Crippen LogP contribution in [0, 0.1) is 17.5 Å². The highest BCUT2D eigenvalue weighted by molar-refractivity contribution is 5.95. The van der Waals surface area contributed by atoms with Gasteiger partial charge in [-0.3, -0.25) is 0 Å². The highest BCUT2D eigenvalue weighted by Crippen LogP contribution is 2.24. The summed E-state index contributed by atoms with van der Waals surface area (Å²) in [5, 5.41) is -0.188. The Morgan fingerprint density at radius 1 is 1.29 bits per heavy atom. The maximum atomic E-state index is 13.3. The van der Waals surface area contributed by atoms with Crippen LogP contribution in [0.15, 0.2) is 12.1 Å². The van der Waals surface area contributed by atoms with Crippen LogP contribution in [0.4, 0.5) is 13.2 Å². The van der Waals surface area contributed by atoms with Gasteiger partial charge in [0.15, 0.2) is 11.6 Å². The fourth-order valence-electron chi connectivity index (χ4n) is 1.51. The lowest BCUT2D eigenvalue weighted by molar-refractivity contribution is 0.0520. The molecule has 1 heterocycles. The van der Waals surface area contributed by atoms with E-state index in [1.807, 2.05) is 0 Å². The second-order valence-electron chi connectivity index (χ2n) is 3.35. The smallest absolute Gasteiger partial charge is 0.354 e. The van der Waals surface area contributed by atoms with Gasteiger partial charge >= 0.3 is 5.97 Å². The lowest BCUT2D eigenvalue weighted by Gasteiger charge is -1.97. The van der Waals surface area contributed by atoms with Crippen LogP contribution in [-0.2, 0) is 4.74 Å². The van der Waals surface area contributed by atoms with E-state index in [0.29, 0.717) is 6.07 Å². The Kier molecular flexibility index (Phi) is 2.79. The summed E-state index contributed by atoms with van der Waals surface area (Å²) in [6.45, 7) is 1.73. The number of hydrogen-bond acceptors (Lipinski definition) is 2. The average Bonchev–Trinajstić information content (AvgIpc) is 2.72. The second-order valence-corrected chi connectivity index (χ2v) is 3.35. The first-order chi connectivity index (χ1) is 8.04. The Bertz CT molecular complexity index is 592. The number of nitrogens with one attached hydrogen (secondary N) is 1. The number of carbonyl (C=O) groups excluding carboxylic acids is 1. The molecule has 0 radical (unpaired) electrons. The molecule has 1 N–H and O–H groups in total. The number of H-pyrrole nitrogens is 1. The highest BCUT2D eigenvalue weighted by Gasteiger charge is 2.18. The molecule has 90 valence electrons. The zero-order valence-electron chi connectivity index (χ0n) is 8.81. The first-order valence-electron chi connectivity index (χ1n) is 4.88. The van der Waals surface area contributed by atoms with E-state index in [0.717, 1.165) is 6.07 Å². The third-order valence-corrected chi connectivity index (χ3v) is 2.25. The third-order valence-electron chi connectivity index (χ3n) is 2.25. The number of rotatable bonds is 2. The van der Waals surface area contributed by atoms with Gasteiger partial charge in [-0.15, -0.1) is 0 Å². The number of esters is 1. The third kappa shape index (κ3) is 1.86. The number of carbonyl (C=O) groups is 1. The van der Waals surface area contributed by atoms with Crippen molar-refractivity contribution in [3.63, 3.8) is 0 Å². The van der Waals surface area contributed by atoms with Gasteiger partial charge in [0.05, 0.1) is 12.1 Å². The van der Waals surface area contributed by atoms with E-state index in [1.54, 1.807) is 6.92 Å². The Morgan fingerprint density at radius 3 is 2.65 bits per heavy atom. The quantitative estimate of drug-likeness (QED) is 0.651. The van der Waals surface area contributed by atoms with Crippen molar-refractivity contribution in [3.8, 4) is 0 Å². The molecule has 0 aliphatic rings. The molecule has 0 spiro atoms. The van der Waals surface area contributed by atoms with Gasteiger partial charge in [-0.2, -0.15) is 0 Å². The molecular formula is C11H8F3NO2. The summed E-state index contributed by atoms with van der Waals surface area (Å²) in [6.07, 6.45) is 0. The molecule has 0 saturated carbocycles. The van der Waals surface area contributed by atoms with Crippen LogP contribution in [0.1, 0.15) is 17.4 Å². The van der Waals surface area contributed by atoms with Crippen molar-refractivity contribution in [2.45, 2.75) is 6.92 Å². The number of aromatic nitrogens is 1. The molecular weight excluding hydrogens is 235 g/mol. The van der Waals surface area contributed by atoms with Gasteiger partial charge < -0.3 is 9.72 Å². The molecule has 0 bridgehead atoms. The summed E-state index contributed by atoms with van der Waals surface area (Å²) >= 11 is 0. The molecule has 0 unspecified atom stereocenters. The van der Waals surface area contributed by atoms with Gasteiger partial charge in [-0.1, -0.05) is 0 Å². The highest BCUT2D eigenvalue weighted by atomic mass is 19.2. The Morgan fingerprint density at radius 2 is 2.00 bits per heavy atom. The monoisotopic (exact) mass is 243 g/mol. The van der Waals surface area contributed by atoms with E-state index in [4.69, 9.17) is 0 Å². The van der Waals surface area contributed by atoms with Crippen LogP contribution in [0.5, 0.6) is 0 Å². The summed E-state index contributed by atoms with van der Waals surface area (Å²) in [5.74, 6) is -4.22. The van der Waals surface area contributed by atoms with Crippen molar-refractivity contribution in [2.24, 2.45) is 0 Å². The SMILES string of the molecule is CCOC(=O)c1cc2c(F)cc(F)c(F)c2[nH]1. The molecule has 2 aromatic rings. The van der Waals surface area contributed by atoms with Gasteiger partial charge in [-0.25, -0.2) is 18.0 Å². The molecule has 2 rings (SSSR count). The molecule has 3 nitrogen and oxygen atoms in total. The first-order valence-corrected chi connectivity index (χ1v) is 4.88. The van der Waals surface area contributed by atoms with E-state index >= 15 is 0 Å². The first kappa shape index (κ1) is 11.5. The second kappa shape index (κ2) is 4.12. The number of aromatic amines is 1. The summed E-state index contributed by atoms with van der Waals surface area (Å²) in [6, 6.07) is 1.52. The van der Waals surface area contributed by atoms with Gasteiger partial charge in [0.1, 0.15) is 11.5 Å². The van der Waals surface area contributed by atoms with Crippen LogP contribution < -0.4 is 0 Å². The van der Waals surface area contributed by atoms with E-state index < -0.39 is 23.4 Å². The molecule has 0 aliphatic heterocycles. The minimum atomic E-state index is -1.31. The van der Waals surface area contributed by atoms with Gasteiger partial charge in [0, 0.05) is 11.5 Å². The molecule has 0 aliphatic carbocycles. The zero-order chi connectivity index (χ0) is 12.6. The zero-order valence-corrected chi connectivity index (χ0v) is 8.81. The van der Waals surface area contributed by atoms with E-state index in [-0.39, 0.29) is 23.2 Å². The van der Waals surface area contributed by atoms with Crippen LogP contribution >= 0.6 is 0 Å². The number of fused-ring (bicyclic) bond motifs is 1. The molecule has 1 aromatic carbocycles. The van der Waals surface area contributed by atoms with Crippen molar-refractivity contribution in [2.75, 3.05) is 6.61 Å². The molecule has 0 amide bonds. The molecule has 1 aromatic heterocycles. The number of benzene rings is 1. The van der Waals surface area contributed by atoms with E-state index in [9.17, 15) is 18.0 Å². The van der Waals surface area contributed by atoms with Crippen molar-refractivity contribution in [1.29, 1.82) is 0 Å². The van der Waals surface area contributed by atoms with Gasteiger partial charge in [0.25, 0.3) is 0 Å². The molecule has 0 saturated heterocycles. The number of ether oxygens (including phenoxy) is 1. The van der Waals surface area contributed by atoms with Crippen molar-refractivity contribution >= 4 is 16.9 Å². The normalized spacial score (nSPS) is 10.8. The molecule has 17 heavy (non-hydrogen) atoms. The summed E-state index contributed by atoms with van der Waals surface area (Å²) < 4.78 is 44.2. The fourth-order valence-corrected chi connectivity index (χ4v) is 1.51. The lowest BCUT2D eigenvalue weighted by atomic mass is 10.2. The van der Waals surface area contributed by atoms with Crippen LogP contribution in [0.2, 0.25) is 0 Å². The lowest BCUT2D eigenvalue weighted by Crippen LogP contribution is -2.04. The van der Waals surface area contributed by atoms with Crippen LogP contribution in [0.25, 0.3) is 10.9 Å². The number of hydrogen-bond donors (Lipinski definition) is 1. The standard InChI is InChI=1S/C11H8F3NO2/c1-2-17-11(16)8-3-5-6(12)4-7(13)9(14)10(5)15-8/h3-4,15H,2H2,1H3. The minimum absolute atomic E-state index is 0.120. The van der Waals surface area contributed by atoms with Crippen molar-refractivity contribution < 1.29 is 22.7 Å². The molecule has 0 fully saturated rings. The van der Waals surface area contributed by atoms with Crippen molar-refractivity contribution in [1.82, 2.24) is 4.98 Å². The largest absolute Gasteiger partial charge is 0.461 e. The van der Waals surface area contributed by atoms with Crippen molar-refractivity contribution in [3.05, 3.63) is 35.3 Å². The maximum Gasteiger partial charge on any atom is 0.354 e. The summed E-state index contributed by atoms with van der Waals surface area (Å²) in [4.78, 5) is 13.6. The van der Waals surface area contributed by atoms with E-state index in [2.05, 4.69) is 9.72 Å². The number of halogens is 3. The Labute approximate surface area is 94.2 Å². The summed E-state index contributed by atoms with van der Waals surface area (Å²) in [7, 11) is 0. The predicted octanol–water partition coefficient (Wildman–Crippen LogP) is 2.76. The van der Waals surface area contributed by atoms with Gasteiger partial charge in [0.2, 0.25) is 0 Å². The fraction of sp³-hybridized carbons (Fsp3) is 0.182. The minimum Gasteiger partial charge on any atom is -0.461 e. The maximum absolute atomic E-state index is 13.3. The topological polar surface area (TPSA) is 42.1 Å². The molecule has 0 atom stereocenters. The average molecular weight is 243 g/mol. The Hall–Kier alpha value is -1.98. The summed E-state index contributed by atoms with van der Waals surface area (Å²) in [5.41, 5.74) is -0.504. The van der Waals surface area contributed by atoms with Crippen LogP contribution in [-0.4, -0.2) is 17.6 Å². The van der Waals surface area contributed by atoms with Gasteiger partial charge in [-0.05, 0) is 13.0 Å². The predicted molar refractivity (Wildman–Crippen MR) is 54.1 cm³/mol. The Balaban J connectivity index is 2.61. The molecule has 6 heteroatoms. The van der Waals surface area contributed by atoms with E-state index in [1.165, 1.54) is 0 Å². The van der Waals surface area contributed by atoms with Crippen LogP contribution in [0.3, 0.4) is 0 Å².